The van der Waals surface area contributed by atoms with E-state index in [0.717, 1.165) is 15.7 Å². The third-order valence-corrected chi connectivity index (χ3v) is 3.42. The smallest absolute Gasteiger partial charge is 0.255 e. The Morgan fingerprint density at radius 1 is 1.00 bits per heavy atom. The second kappa shape index (κ2) is 4.46. The van der Waals surface area contributed by atoms with Gasteiger partial charge in [-0.2, -0.15) is 0 Å². The Balaban J connectivity index is 1.97. The molecule has 0 aromatic heterocycles. The average molecular weight is 303 g/mol. The molecular formula is C14H11BrN2O. The summed E-state index contributed by atoms with van der Waals surface area (Å²) in [5, 5.41) is 6.26. The summed E-state index contributed by atoms with van der Waals surface area (Å²) in [7, 11) is 0. The predicted molar refractivity (Wildman–Crippen MR) is 74.4 cm³/mol. The second-order valence-corrected chi connectivity index (χ2v) is 5.07. The van der Waals surface area contributed by atoms with E-state index in [9.17, 15) is 4.79 Å². The maximum Gasteiger partial charge on any atom is 0.255 e. The van der Waals surface area contributed by atoms with Crippen LogP contribution in [0.4, 0.5) is 5.69 Å². The van der Waals surface area contributed by atoms with Gasteiger partial charge in [0, 0.05) is 10.2 Å². The molecule has 0 saturated carbocycles. The van der Waals surface area contributed by atoms with Crippen molar-refractivity contribution < 1.29 is 4.79 Å². The molecule has 0 spiro atoms. The van der Waals surface area contributed by atoms with E-state index < -0.39 is 0 Å². The normalized spacial score (nSPS) is 17.6. The van der Waals surface area contributed by atoms with Gasteiger partial charge in [-0.05, 0) is 29.8 Å². The second-order valence-electron chi connectivity index (χ2n) is 4.15. The van der Waals surface area contributed by atoms with Crippen LogP contribution >= 0.6 is 15.9 Å². The van der Waals surface area contributed by atoms with Crippen LogP contribution in [0, 0.1) is 0 Å². The molecule has 3 rings (SSSR count). The van der Waals surface area contributed by atoms with E-state index in [4.69, 9.17) is 0 Å². The van der Waals surface area contributed by atoms with E-state index in [1.807, 2.05) is 48.5 Å². The number of para-hydroxylation sites is 1. The van der Waals surface area contributed by atoms with Gasteiger partial charge in [0.15, 0.2) is 0 Å². The molecule has 3 nitrogen and oxygen atoms in total. The summed E-state index contributed by atoms with van der Waals surface area (Å²) >= 11 is 3.44. The van der Waals surface area contributed by atoms with Gasteiger partial charge in [-0.3, -0.25) is 4.79 Å². The molecule has 1 heterocycles. The molecule has 0 aliphatic carbocycles. The molecule has 1 amide bonds. The molecule has 1 atom stereocenters. The lowest BCUT2D eigenvalue weighted by Crippen LogP contribution is -2.38. The molecule has 4 heteroatoms. The first-order chi connectivity index (χ1) is 8.74. The van der Waals surface area contributed by atoms with Crippen LogP contribution in [-0.4, -0.2) is 5.91 Å². The number of carbonyl (C=O) groups is 1. The van der Waals surface area contributed by atoms with Crippen LogP contribution in [0.1, 0.15) is 22.1 Å². The van der Waals surface area contributed by atoms with Crippen LogP contribution in [0.25, 0.3) is 0 Å². The van der Waals surface area contributed by atoms with Crippen LogP contribution in [0.2, 0.25) is 0 Å². The number of benzene rings is 2. The highest BCUT2D eigenvalue weighted by Crippen LogP contribution is 2.27. The van der Waals surface area contributed by atoms with Gasteiger partial charge in [-0.25, -0.2) is 0 Å². The highest BCUT2D eigenvalue weighted by Gasteiger charge is 2.23. The third kappa shape index (κ3) is 1.99. The van der Waals surface area contributed by atoms with E-state index in [-0.39, 0.29) is 12.1 Å². The highest BCUT2D eigenvalue weighted by molar-refractivity contribution is 9.10. The van der Waals surface area contributed by atoms with E-state index in [1.54, 1.807) is 0 Å². The summed E-state index contributed by atoms with van der Waals surface area (Å²) in [6, 6.07) is 15.4. The summed E-state index contributed by atoms with van der Waals surface area (Å²) in [5.74, 6) is -0.0469. The molecule has 0 saturated heterocycles. The monoisotopic (exact) mass is 302 g/mol. The van der Waals surface area contributed by atoms with Crippen molar-refractivity contribution in [1.29, 1.82) is 0 Å². The van der Waals surface area contributed by atoms with Gasteiger partial charge in [-0.15, -0.1) is 0 Å². The number of hydrogen-bond donors (Lipinski definition) is 2. The molecule has 1 aliphatic rings. The van der Waals surface area contributed by atoms with Gasteiger partial charge in [-0.1, -0.05) is 40.2 Å². The van der Waals surface area contributed by atoms with Gasteiger partial charge in [0.1, 0.15) is 6.17 Å². The lowest BCUT2D eigenvalue weighted by Gasteiger charge is -2.28. The molecule has 2 N–H and O–H groups in total. The Hall–Kier alpha value is -1.81. The third-order valence-electron chi connectivity index (χ3n) is 2.93. The molecule has 0 radical (unpaired) electrons. The van der Waals surface area contributed by atoms with Crippen molar-refractivity contribution in [3.05, 3.63) is 64.1 Å². The molecule has 0 fully saturated rings. The molecular weight excluding hydrogens is 292 g/mol. The van der Waals surface area contributed by atoms with Crippen molar-refractivity contribution in [2.75, 3.05) is 5.32 Å². The largest absolute Gasteiger partial charge is 0.361 e. The van der Waals surface area contributed by atoms with Crippen LogP contribution in [-0.2, 0) is 0 Å². The van der Waals surface area contributed by atoms with Crippen LogP contribution in [0.3, 0.4) is 0 Å². The number of hydrogen-bond acceptors (Lipinski definition) is 2. The maximum absolute atomic E-state index is 12.0. The predicted octanol–water partition coefficient (Wildman–Crippen LogP) is 3.30. The Kier molecular flexibility index (Phi) is 2.80. The molecule has 18 heavy (non-hydrogen) atoms. The zero-order chi connectivity index (χ0) is 12.5. The molecule has 2 aromatic carbocycles. The molecule has 0 unspecified atom stereocenters. The number of rotatable bonds is 1. The van der Waals surface area contributed by atoms with Crippen molar-refractivity contribution in [1.82, 2.24) is 5.32 Å². The lowest BCUT2D eigenvalue weighted by molar-refractivity contribution is 0.0935. The molecule has 2 aromatic rings. The fourth-order valence-corrected chi connectivity index (χ4v) is 2.48. The SMILES string of the molecule is O=C1N[C@@H](c2cccc(Br)c2)Nc2ccccc21. The minimum Gasteiger partial charge on any atom is -0.361 e. The van der Waals surface area contributed by atoms with E-state index in [2.05, 4.69) is 26.6 Å². The summed E-state index contributed by atoms with van der Waals surface area (Å²) in [4.78, 5) is 12.0. The Labute approximate surface area is 113 Å². The average Bonchev–Trinajstić information content (AvgIpc) is 2.39. The topological polar surface area (TPSA) is 41.1 Å². The molecule has 0 bridgehead atoms. The lowest BCUT2D eigenvalue weighted by atomic mass is 10.1. The first-order valence-electron chi connectivity index (χ1n) is 5.66. The summed E-state index contributed by atoms with van der Waals surface area (Å²) in [5.41, 5.74) is 2.57. The first kappa shape index (κ1) is 11.3. The van der Waals surface area contributed by atoms with Crippen molar-refractivity contribution in [3.63, 3.8) is 0 Å². The number of halogens is 1. The number of fused-ring (bicyclic) bond motifs is 1. The van der Waals surface area contributed by atoms with Gasteiger partial charge in [0.25, 0.3) is 5.91 Å². The van der Waals surface area contributed by atoms with Crippen LogP contribution < -0.4 is 10.6 Å². The van der Waals surface area contributed by atoms with Crippen molar-refractivity contribution in [2.24, 2.45) is 0 Å². The minimum atomic E-state index is -0.190. The van der Waals surface area contributed by atoms with Gasteiger partial charge < -0.3 is 10.6 Å². The zero-order valence-corrected chi connectivity index (χ0v) is 11.1. The van der Waals surface area contributed by atoms with Crippen molar-refractivity contribution >= 4 is 27.5 Å². The van der Waals surface area contributed by atoms with Crippen molar-refractivity contribution in [2.45, 2.75) is 6.17 Å². The standard InChI is InChI=1S/C14H11BrN2O/c15-10-5-3-4-9(8-10)13-16-12-7-2-1-6-11(12)14(18)17-13/h1-8,13,16H,(H,17,18)/t13-/m0/s1. The molecule has 90 valence electrons. The van der Waals surface area contributed by atoms with Crippen molar-refractivity contribution in [3.8, 4) is 0 Å². The highest BCUT2D eigenvalue weighted by atomic mass is 79.9. The van der Waals surface area contributed by atoms with Crippen LogP contribution in [0.5, 0.6) is 0 Å². The number of anilines is 1. The number of amides is 1. The van der Waals surface area contributed by atoms with E-state index in [1.165, 1.54) is 0 Å². The quantitative estimate of drug-likeness (QED) is 0.848. The summed E-state index contributed by atoms with van der Waals surface area (Å²) < 4.78 is 0.995. The first-order valence-corrected chi connectivity index (χ1v) is 6.45. The summed E-state index contributed by atoms with van der Waals surface area (Å²) in [6.07, 6.45) is -0.190. The Bertz CT molecular complexity index is 612. The van der Waals surface area contributed by atoms with Gasteiger partial charge in [0.05, 0.1) is 5.56 Å². The zero-order valence-electron chi connectivity index (χ0n) is 9.48. The number of carbonyl (C=O) groups excluding carboxylic acids is 1. The minimum absolute atomic E-state index is 0.0469. The summed E-state index contributed by atoms with van der Waals surface area (Å²) in [6.45, 7) is 0. The Morgan fingerprint density at radius 3 is 2.67 bits per heavy atom. The van der Waals surface area contributed by atoms with Gasteiger partial charge in [0.2, 0.25) is 0 Å². The molecule has 1 aliphatic heterocycles. The van der Waals surface area contributed by atoms with E-state index in [0.29, 0.717) is 5.56 Å². The number of nitrogens with one attached hydrogen (secondary N) is 2. The maximum atomic E-state index is 12.0. The fraction of sp³-hybridized carbons (Fsp3) is 0.0714. The van der Waals surface area contributed by atoms with Gasteiger partial charge >= 0.3 is 0 Å². The van der Waals surface area contributed by atoms with Crippen LogP contribution in [0.15, 0.2) is 53.0 Å². The Morgan fingerprint density at radius 2 is 1.83 bits per heavy atom. The fourth-order valence-electron chi connectivity index (χ4n) is 2.06. The van der Waals surface area contributed by atoms with E-state index >= 15 is 0 Å².